The van der Waals surface area contributed by atoms with Crippen molar-refractivity contribution in [2.75, 3.05) is 4.72 Å². The minimum atomic E-state index is -3.74. The van der Waals surface area contributed by atoms with Gasteiger partial charge in [0.05, 0.1) is 10.7 Å². The molecule has 0 aliphatic heterocycles. The molecule has 0 aliphatic carbocycles. The lowest BCUT2D eigenvalue weighted by atomic mass is 10.3. The van der Waals surface area contributed by atoms with Crippen LogP contribution >= 0.6 is 34.2 Å². The molecule has 0 radical (unpaired) electrons. The third-order valence-corrected chi connectivity index (χ3v) is 5.09. The molecule has 0 amide bonds. The molecule has 21 heavy (non-hydrogen) atoms. The Kier molecular flexibility index (Phi) is 5.15. The van der Waals surface area contributed by atoms with Gasteiger partial charge in [-0.15, -0.1) is 0 Å². The maximum absolute atomic E-state index is 12.4. The third kappa shape index (κ3) is 3.89. The van der Waals surface area contributed by atoms with Crippen LogP contribution in [0.4, 0.5) is 5.69 Å². The number of imidazole rings is 1. The molecule has 0 fully saturated rings. The predicted molar refractivity (Wildman–Crippen MR) is 92.2 cm³/mol. The SMILES string of the molecule is CCCn1cc(S(=O)(=O)Nc2ccc(I)cc2Cl)nc1C. The lowest BCUT2D eigenvalue weighted by molar-refractivity contribution is 0.597. The van der Waals surface area contributed by atoms with E-state index in [0.29, 0.717) is 16.5 Å². The van der Waals surface area contributed by atoms with Crippen LogP contribution < -0.4 is 4.72 Å². The number of anilines is 1. The van der Waals surface area contributed by atoms with Gasteiger partial charge in [0.1, 0.15) is 5.82 Å². The van der Waals surface area contributed by atoms with E-state index in [9.17, 15) is 8.42 Å². The third-order valence-electron chi connectivity index (χ3n) is 2.87. The smallest absolute Gasteiger partial charge is 0.281 e. The highest BCUT2D eigenvalue weighted by Gasteiger charge is 2.20. The highest BCUT2D eigenvalue weighted by atomic mass is 127. The average molecular weight is 440 g/mol. The van der Waals surface area contributed by atoms with Gasteiger partial charge in [0, 0.05) is 16.3 Å². The fourth-order valence-corrected chi connectivity index (χ4v) is 3.89. The van der Waals surface area contributed by atoms with Crippen molar-refractivity contribution < 1.29 is 8.42 Å². The molecule has 2 aromatic rings. The number of aryl methyl sites for hydroxylation is 2. The van der Waals surface area contributed by atoms with Gasteiger partial charge in [-0.3, -0.25) is 4.72 Å². The summed E-state index contributed by atoms with van der Waals surface area (Å²) < 4.78 is 30.0. The van der Waals surface area contributed by atoms with E-state index in [1.165, 1.54) is 0 Å². The minimum Gasteiger partial charge on any atom is -0.334 e. The Morgan fingerprint density at radius 2 is 2.14 bits per heavy atom. The second-order valence-corrected chi connectivity index (χ2v) is 7.83. The molecular weight excluding hydrogens is 425 g/mol. The first-order chi connectivity index (χ1) is 9.83. The number of sulfonamides is 1. The first-order valence-electron chi connectivity index (χ1n) is 6.35. The van der Waals surface area contributed by atoms with Gasteiger partial charge in [-0.1, -0.05) is 18.5 Å². The summed E-state index contributed by atoms with van der Waals surface area (Å²) in [5.74, 6) is 0.672. The standard InChI is InChI=1S/C13H15ClIN3O2S/c1-3-6-18-8-13(16-9(18)2)21(19,20)17-12-5-4-10(15)7-11(12)14/h4-5,7-8,17H,3,6H2,1-2H3. The minimum absolute atomic E-state index is 0.00284. The summed E-state index contributed by atoms with van der Waals surface area (Å²) in [6.07, 6.45) is 2.45. The molecule has 1 aromatic heterocycles. The Balaban J connectivity index is 2.32. The van der Waals surface area contributed by atoms with E-state index in [4.69, 9.17) is 11.6 Å². The van der Waals surface area contributed by atoms with Crippen LogP contribution in [-0.2, 0) is 16.6 Å². The van der Waals surface area contributed by atoms with Crippen LogP contribution in [0.25, 0.3) is 0 Å². The van der Waals surface area contributed by atoms with Crippen LogP contribution in [0.2, 0.25) is 5.02 Å². The van der Waals surface area contributed by atoms with Crippen molar-refractivity contribution in [2.45, 2.75) is 31.8 Å². The Morgan fingerprint density at radius 1 is 1.43 bits per heavy atom. The molecule has 0 aliphatic rings. The second-order valence-electron chi connectivity index (χ2n) is 4.55. The summed E-state index contributed by atoms with van der Waals surface area (Å²) in [7, 11) is -3.74. The number of hydrogen-bond acceptors (Lipinski definition) is 3. The van der Waals surface area contributed by atoms with Crippen molar-refractivity contribution in [1.29, 1.82) is 0 Å². The van der Waals surface area contributed by atoms with E-state index in [1.807, 2.05) is 11.5 Å². The summed E-state index contributed by atoms with van der Waals surface area (Å²) in [5, 5.41) is 0.359. The van der Waals surface area contributed by atoms with Crippen molar-refractivity contribution in [3.8, 4) is 0 Å². The number of aromatic nitrogens is 2. The quantitative estimate of drug-likeness (QED) is 0.723. The van der Waals surface area contributed by atoms with E-state index < -0.39 is 10.0 Å². The maximum atomic E-state index is 12.4. The lowest BCUT2D eigenvalue weighted by Crippen LogP contribution is -2.13. The Morgan fingerprint density at radius 3 is 2.76 bits per heavy atom. The fourth-order valence-electron chi connectivity index (χ4n) is 1.85. The maximum Gasteiger partial charge on any atom is 0.281 e. The molecule has 1 N–H and O–H groups in total. The van der Waals surface area contributed by atoms with Crippen LogP contribution in [0.3, 0.4) is 0 Å². The van der Waals surface area contributed by atoms with Gasteiger partial charge in [-0.05, 0) is 54.1 Å². The second kappa shape index (κ2) is 6.53. The molecule has 0 spiro atoms. The van der Waals surface area contributed by atoms with Gasteiger partial charge < -0.3 is 4.57 Å². The molecular formula is C13H15ClIN3O2S. The van der Waals surface area contributed by atoms with Crippen molar-refractivity contribution in [3.05, 3.63) is 38.8 Å². The van der Waals surface area contributed by atoms with Crippen LogP contribution in [0.1, 0.15) is 19.2 Å². The van der Waals surface area contributed by atoms with E-state index in [2.05, 4.69) is 32.3 Å². The van der Waals surface area contributed by atoms with Gasteiger partial charge in [-0.2, -0.15) is 8.42 Å². The van der Waals surface area contributed by atoms with Gasteiger partial charge >= 0.3 is 0 Å². The van der Waals surface area contributed by atoms with Gasteiger partial charge in [0.25, 0.3) is 10.0 Å². The normalized spacial score (nSPS) is 11.6. The Labute approximate surface area is 142 Å². The van der Waals surface area contributed by atoms with Gasteiger partial charge in [0.2, 0.25) is 0 Å². The number of nitrogens with one attached hydrogen (secondary N) is 1. The van der Waals surface area contributed by atoms with Crippen LogP contribution in [-0.4, -0.2) is 18.0 Å². The number of rotatable bonds is 5. The van der Waals surface area contributed by atoms with E-state index in [-0.39, 0.29) is 5.03 Å². The van der Waals surface area contributed by atoms with E-state index in [1.54, 1.807) is 31.3 Å². The molecule has 0 unspecified atom stereocenters. The highest BCUT2D eigenvalue weighted by Crippen LogP contribution is 2.26. The van der Waals surface area contributed by atoms with E-state index >= 15 is 0 Å². The van der Waals surface area contributed by atoms with Crippen LogP contribution in [0.15, 0.2) is 29.4 Å². The molecule has 1 heterocycles. The molecule has 2 rings (SSSR count). The van der Waals surface area contributed by atoms with Gasteiger partial charge in [-0.25, -0.2) is 4.98 Å². The number of halogens is 2. The molecule has 0 saturated carbocycles. The monoisotopic (exact) mass is 439 g/mol. The number of benzene rings is 1. The Hall–Kier alpha value is -0.800. The highest BCUT2D eigenvalue weighted by molar-refractivity contribution is 14.1. The lowest BCUT2D eigenvalue weighted by Gasteiger charge is -2.07. The molecule has 114 valence electrons. The summed E-state index contributed by atoms with van der Waals surface area (Å²) in [6.45, 7) is 4.54. The van der Waals surface area contributed by atoms with Gasteiger partial charge in [0.15, 0.2) is 5.03 Å². The van der Waals surface area contributed by atoms with E-state index in [0.717, 1.165) is 16.5 Å². The number of hydrogen-bond donors (Lipinski definition) is 1. The predicted octanol–water partition coefficient (Wildman–Crippen LogP) is 3.66. The fraction of sp³-hybridized carbons (Fsp3) is 0.308. The van der Waals surface area contributed by atoms with Crippen molar-refractivity contribution in [1.82, 2.24) is 9.55 Å². The Bertz CT molecular complexity index is 759. The van der Waals surface area contributed by atoms with Crippen LogP contribution in [0.5, 0.6) is 0 Å². The summed E-state index contributed by atoms with van der Waals surface area (Å²) in [6, 6.07) is 5.11. The topological polar surface area (TPSA) is 64.0 Å². The number of nitrogens with zero attached hydrogens (tertiary/aromatic N) is 2. The molecule has 5 nitrogen and oxygen atoms in total. The zero-order valence-corrected chi connectivity index (χ0v) is 15.3. The first kappa shape index (κ1) is 16.6. The largest absolute Gasteiger partial charge is 0.334 e. The summed E-state index contributed by atoms with van der Waals surface area (Å²) in [4.78, 5) is 4.11. The molecule has 0 bridgehead atoms. The first-order valence-corrected chi connectivity index (χ1v) is 9.29. The zero-order chi connectivity index (χ0) is 15.6. The van der Waals surface area contributed by atoms with Crippen molar-refractivity contribution in [2.24, 2.45) is 0 Å². The molecule has 1 aromatic carbocycles. The van der Waals surface area contributed by atoms with Crippen molar-refractivity contribution in [3.63, 3.8) is 0 Å². The van der Waals surface area contributed by atoms with Crippen molar-refractivity contribution >= 4 is 49.9 Å². The zero-order valence-electron chi connectivity index (χ0n) is 11.6. The summed E-state index contributed by atoms with van der Waals surface area (Å²) in [5.41, 5.74) is 0.347. The molecule has 8 heteroatoms. The van der Waals surface area contributed by atoms with Crippen LogP contribution in [0, 0.1) is 10.5 Å². The average Bonchev–Trinajstić information content (AvgIpc) is 2.76. The molecule has 0 atom stereocenters. The summed E-state index contributed by atoms with van der Waals surface area (Å²) >= 11 is 8.16. The molecule has 0 saturated heterocycles.